The maximum Gasteiger partial charge on any atom is 0.193 e. The third-order valence-electron chi connectivity index (χ3n) is 18.9. The zero-order valence-electron chi connectivity index (χ0n) is 40.0. The third-order valence-corrected chi connectivity index (χ3v) is 18.9. The fourth-order valence-corrected chi connectivity index (χ4v) is 16.4. The van der Waals surface area contributed by atoms with Gasteiger partial charge in [0, 0.05) is 47.6 Å². The molecule has 2 aliphatic heterocycles. The molecule has 0 unspecified atom stereocenters. The highest BCUT2D eigenvalue weighted by molar-refractivity contribution is 5.96. The van der Waals surface area contributed by atoms with Crippen molar-refractivity contribution in [3.05, 3.63) is 71.9 Å². The van der Waals surface area contributed by atoms with Crippen molar-refractivity contribution in [3.8, 4) is 0 Å². The predicted octanol–water partition coefficient (Wildman–Crippen LogP) is 7.16. The molecule has 0 bridgehead atoms. The molecule has 10 aliphatic rings. The number of alkyl halides is 2. The smallest absolute Gasteiger partial charge is 0.193 e. The van der Waals surface area contributed by atoms with Crippen molar-refractivity contribution in [1.82, 2.24) is 5.01 Å². The molecule has 10 rings (SSSR count). The van der Waals surface area contributed by atoms with Crippen molar-refractivity contribution in [3.63, 3.8) is 0 Å². The maximum atomic E-state index is 17.5. The van der Waals surface area contributed by atoms with E-state index >= 15 is 8.78 Å². The number of carbonyl (C=O) groups excluding carboxylic acids is 1. The minimum Gasteiger partial charge on any atom is -0.390 e. The number of carbonyl (C=O) groups is 1. The van der Waals surface area contributed by atoms with Crippen LogP contribution in [0.2, 0.25) is 0 Å². The minimum absolute atomic E-state index is 0.0734. The average molecular weight is 907 g/mol. The van der Waals surface area contributed by atoms with Gasteiger partial charge in [0.05, 0.1) is 36.7 Å². The summed E-state index contributed by atoms with van der Waals surface area (Å²) >= 11 is 0. The standard InChI is InChI=1S/C27H39FN2O4.C25H33FO5/c1-16-10-11-24(4)17(12-16)8-9-18-19-13-22-27(34-23(2,3)33-22,20(15-31)29-30(6)7)25(19,5)14-21(32)26(18,24)28;1-14-8-9-22(4)15(10-14)6-7-16-17-11-20-25(19(29)13-27,31-21(2,3)30-20)23(17,5)12-18(28)24(16,22)26/h10-12,18-19,21-22,31-32H,1,8-9,13-15H2,2-7H3;8-10,16-18,20,27-28H,1,6-7,11-13H2,2-5H3/b29-20-;/t18-,19-,21-,22+,24-,25-,26-,27+;16-,17-,18-,20+,22-,23-,24-,25+/m00/s1. The summed E-state index contributed by atoms with van der Waals surface area (Å²) in [7, 11) is 3.61. The Morgan fingerprint density at radius 1 is 0.708 bits per heavy atom. The lowest BCUT2D eigenvalue weighted by Crippen LogP contribution is -2.70. The summed E-state index contributed by atoms with van der Waals surface area (Å²) in [5.41, 5.74) is -5.26. The normalized spacial score (nSPS) is 50.6. The number of fused-ring (bicyclic) bond motifs is 14. The highest BCUT2D eigenvalue weighted by Crippen LogP contribution is 2.74. The molecule has 0 aromatic heterocycles. The van der Waals surface area contributed by atoms with Gasteiger partial charge in [0.2, 0.25) is 0 Å². The van der Waals surface area contributed by atoms with E-state index in [4.69, 9.17) is 18.9 Å². The number of allylic oxidation sites excluding steroid dienone is 10. The van der Waals surface area contributed by atoms with Gasteiger partial charge in [0.1, 0.15) is 12.2 Å². The number of halogens is 2. The molecule has 0 amide bonds. The number of aliphatic hydroxyl groups excluding tert-OH is 4. The molecule has 6 saturated carbocycles. The van der Waals surface area contributed by atoms with Gasteiger partial charge in [-0.15, -0.1) is 0 Å². The summed E-state index contributed by atoms with van der Waals surface area (Å²) in [4.78, 5) is 13.2. The van der Waals surface area contributed by atoms with Gasteiger partial charge in [-0.3, -0.25) is 4.79 Å². The van der Waals surface area contributed by atoms with Crippen LogP contribution in [-0.4, -0.2) is 123 Å². The van der Waals surface area contributed by atoms with Crippen molar-refractivity contribution in [1.29, 1.82) is 0 Å². The van der Waals surface area contributed by atoms with Crippen LogP contribution in [0.25, 0.3) is 0 Å². The Morgan fingerprint density at radius 2 is 1.12 bits per heavy atom. The number of hydrogen-bond acceptors (Lipinski definition) is 11. The highest BCUT2D eigenvalue weighted by Gasteiger charge is 2.81. The van der Waals surface area contributed by atoms with Crippen molar-refractivity contribution in [2.24, 2.45) is 50.4 Å². The molecule has 2 heterocycles. The molecule has 11 nitrogen and oxygen atoms in total. The Morgan fingerprint density at radius 3 is 1.54 bits per heavy atom. The van der Waals surface area contributed by atoms with Gasteiger partial charge in [-0.25, -0.2) is 8.78 Å². The molecule has 0 radical (unpaired) electrons. The number of hydrogen-bond donors (Lipinski definition) is 4. The second-order valence-electron chi connectivity index (χ2n) is 23.2. The number of rotatable bonds is 5. The van der Waals surface area contributed by atoms with E-state index in [1.807, 2.05) is 71.1 Å². The largest absolute Gasteiger partial charge is 0.390 e. The first kappa shape index (κ1) is 47.2. The number of ether oxygens (including phenoxy) is 4. The summed E-state index contributed by atoms with van der Waals surface area (Å²) < 4.78 is 60.2. The Bertz CT molecular complexity index is 2240. The van der Waals surface area contributed by atoms with E-state index < -0.39 is 92.4 Å². The first-order valence-corrected chi connectivity index (χ1v) is 23.8. The van der Waals surface area contributed by atoms with Gasteiger partial charge >= 0.3 is 0 Å². The van der Waals surface area contributed by atoms with Crippen LogP contribution in [0.15, 0.2) is 77.0 Å². The van der Waals surface area contributed by atoms with Crippen molar-refractivity contribution in [2.75, 3.05) is 27.3 Å². The van der Waals surface area contributed by atoms with Gasteiger partial charge in [-0.05, 0) is 116 Å². The number of hydrazone groups is 1. The topological polar surface area (TPSA) is 151 Å². The van der Waals surface area contributed by atoms with Crippen LogP contribution < -0.4 is 0 Å². The van der Waals surface area contributed by atoms with Crippen LogP contribution in [0.4, 0.5) is 8.78 Å². The first-order chi connectivity index (χ1) is 30.1. The molecule has 0 aromatic carbocycles. The zero-order valence-corrected chi connectivity index (χ0v) is 40.0. The van der Waals surface area contributed by atoms with E-state index in [0.29, 0.717) is 37.8 Å². The lowest BCUT2D eigenvalue weighted by Gasteiger charge is -2.63. The minimum atomic E-state index is -1.87. The Kier molecular flexibility index (Phi) is 10.6. The third kappa shape index (κ3) is 5.85. The monoisotopic (exact) mass is 907 g/mol. The highest BCUT2D eigenvalue weighted by atomic mass is 19.1. The Hall–Kier alpha value is -2.88. The molecule has 13 heteroatoms. The molecule has 358 valence electrons. The number of ketones is 1. The summed E-state index contributed by atoms with van der Waals surface area (Å²) in [5.74, 6) is -3.45. The molecular weight excluding hydrogens is 835 g/mol. The number of aliphatic hydroxyl groups is 4. The van der Waals surface area contributed by atoms with Crippen LogP contribution >= 0.6 is 0 Å². The lowest BCUT2D eigenvalue weighted by atomic mass is 9.44. The average Bonchev–Trinajstić information content (AvgIpc) is 3.83. The fraction of sp³-hybridized carbons (Fsp3) is 0.731. The summed E-state index contributed by atoms with van der Waals surface area (Å²) in [6.45, 7) is 22.1. The molecule has 2 saturated heterocycles. The molecule has 65 heavy (non-hydrogen) atoms. The van der Waals surface area contributed by atoms with Crippen LogP contribution in [0.5, 0.6) is 0 Å². The van der Waals surface area contributed by atoms with Gasteiger partial charge in [0.15, 0.2) is 34.3 Å². The Labute approximate surface area is 383 Å². The van der Waals surface area contributed by atoms with Crippen molar-refractivity contribution < 1.29 is 52.9 Å². The molecular formula is C52H72F2N2O9. The molecule has 16 atom stereocenters. The molecule has 8 aliphatic carbocycles. The zero-order chi connectivity index (χ0) is 47.5. The van der Waals surface area contributed by atoms with E-state index in [1.165, 1.54) is 0 Å². The Balaban J connectivity index is 0.000000165. The molecule has 0 aromatic rings. The SMILES string of the molecule is C=C1C=C[C@@]2(C)C(=C1)CC[C@H]1[C@@H]3C[C@H]4OC(C)(C)O[C@@]4(/C(CO)=N\N(C)C)[C@@]3(C)C[C@H](O)[C@@]12F.C=C1C=C[C@@]2(C)C(=C1)CC[C@H]1[C@@H]3C[C@H]4OC(C)(C)O[C@@]4(C(=O)CO)[C@@]3(C)C[C@H](O)[C@@]12F. The van der Waals surface area contributed by atoms with Crippen molar-refractivity contribution in [2.45, 2.75) is 165 Å². The van der Waals surface area contributed by atoms with Crippen LogP contribution in [0, 0.1) is 45.3 Å². The van der Waals surface area contributed by atoms with Crippen molar-refractivity contribution >= 4 is 11.5 Å². The van der Waals surface area contributed by atoms with E-state index in [0.717, 1.165) is 28.7 Å². The van der Waals surface area contributed by atoms with Gasteiger partial charge in [0.25, 0.3) is 0 Å². The first-order valence-electron chi connectivity index (χ1n) is 23.8. The second kappa shape index (κ2) is 14.6. The van der Waals surface area contributed by atoms with Gasteiger partial charge in [-0.1, -0.05) is 74.6 Å². The lowest BCUT2D eigenvalue weighted by molar-refractivity contribution is -0.246. The summed E-state index contributed by atoms with van der Waals surface area (Å²) in [6.07, 6.45) is 12.0. The van der Waals surface area contributed by atoms with E-state index in [2.05, 4.69) is 25.2 Å². The maximum absolute atomic E-state index is 17.5. The molecule has 4 N–H and O–H groups in total. The molecule has 0 spiro atoms. The number of Topliss-reactive ketones (excluding diaryl/α,β-unsaturated/α-hetero) is 1. The number of nitrogens with zero attached hydrogens (tertiary/aromatic N) is 2. The van der Waals surface area contributed by atoms with E-state index in [1.54, 1.807) is 33.0 Å². The van der Waals surface area contributed by atoms with E-state index in [-0.39, 0.29) is 43.3 Å². The van der Waals surface area contributed by atoms with Crippen LogP contribution in [-0.2, 0) is 23.7 Å². The van der Waals surface area contributed by atoms with Crippen LogP contribution in [0.1, 0.15) is 107 Å². The molecule has 8 fully saturated rings. The van der Waals surface area contributed by atoms with E-state index in [9.17, 15) is 25.2 Å². The van der Waals surface area contributed by atoms with Gasteiger partial charge in [-0.2, -0.15) is 5.10 Å². The predicted molar refractivity (Wildman–Crippen MR) is 242 cm³/mol. The van der Waals surface area contributed by atoms with Gasteiger partial charge < -0.3 is 44.4 Å². The fourth-order valence-electron chi connectivity index (χ4n) is 16.4. The quantitative estimate of drug-likeness (QED) is 0.165. The van der Waals surface area contributed by atoms with Crippen LogP contribution in [0.3, 0.4) is 0 Å². The summed E-state index contributed by atoms with van der Waals surface area (Å²) in [6, 6.07) is 0. The summed E-state index contributed by atoms with van der Waals surface area (Å²) in [5, 5.41) is 49.7. The second-order valence-corrected chi connectivity index (χ2v) is 23.2.